The second-order valence-corrected chi connectivity index (χ2v) is 4.08. The summed E-state index contributed by atoms with van der Waals surface area (Å²) in [4.78, 5) is 0. The van der Waals surface area contributed by atoms with Crippen LogP contribution in [0.5, 0.6) is 0 Å². The summed E-state index contributed by atoms with van der Waals surface area (Å²) in [6, 6.07) is 0. The molecule has 0 aromatic carbocycles. The Bertz CT molecular complexity index is 95.0. The SMILES string of the molecule is CC(CN)CC1CCCCC1. The molecule has 0 aromatic rings. The Morgan fingerprint density at radius 2 is 1.91 bits per heavy atom. The molecule has 1 nitrogen and oxygen atoms in total. The van der Waals surface area contributed by atoms with Crippen molar-refractivity contribution in [3.8, 4) is 0 Å². The van der Waals surface area contributed by atoms with Crippen molar-refractivity contribution in [3.63, 3.8) is 0 Å². The van der Waals surface area contributed by atoms with Crippen molar-refractivity contribution in [1.29, 1.82) is 0 Å². The Morgan fingerprint density at radius 1 is 1.27 bits per heavy atom. The summed E-state index contributed by atoms with van der Waals surface area (Å²) in [5.74, 6) is 1.75. The lowest BCUT2D eigenvalue weighted by Gasteiger charge is -2.23. The zero-order valence-corrected chi connectivity index (χ0v) is 7.68. The number of hydrogen-bond donors (Lipinski definition) is 1. The van der Waals surface area contributed by atoms with Gasteiger partial charge in [0.25, 0.3) is 0 Å². The standard InChI is InChI=1S/C10H21N/c1-9(8-11)7-10-5-3-2-4-6-10/h9-10H,2-8,11H2,1H3. The molecule has 1 aliphatic carbocycles. The van der Waals surface area contributed by atoms with Crippen LogP contribution in [0, 0.1) is 11.8 Å². The van der Waals surface area contributed by atoms with E-state index in [1.165, 1.54) is 38.5 Å². The zero-order valence-electron chi connectivity index (χ0n) is 7.68. The summed E-state index contributed by atoms with van der Waals surface area (Å²) in [6.45, 7) is 3.14. The van der Waals surface area contributed by atoms with E-state index in [-0.39, 0.29) is 0 Å². The third-order valence-corrected chi connectivity index (χ3v) is 2.86. The van der Waals surface area contributed by atoms with Gasteiger partial charge in [-0.2, -0.15) is 0 Å². The van der Waals surface area contributed by atoms with Gasteiger partial charge in [0.2, 0.25) is 0 Å². The fourth-order valence-electron chi connectivity index (χ4n) is 2.09. The Labute approximate surface area is 70.4 Å². The van der Waals surface area contributed by atoms with Crippen LogP contribution in [-0.4, -0.2) is 6.54 Å². The third-order valence-electron chi connectivity index (χ3n) is 2.86. The van der Waals surface area contributed by atoms with Gasteiger partial charge in [-0.25, -0.2) is 0 Å². The molecule has 0 saturated heterocycles. The van der Waals surface area contributed by atoms with Crippen LogP contribution in [0.2, 0.25) is 0 Å². The molecule has 66 valence electrons. The smallest absolute Gasteiger partial charge is 0.00514 e. The van der Waals surface area contributed by atoms with Crippen LogP contribution in [0.15, 0.2) is 0 Å². The van der Waals surface area contributed by atoms with E-state index in [0.29, 0.717) is 0 Å². The molecule has 11 heavy (non-hydrogen) atoms. The van der Waals surface area contributed by atoms with Crippen molar-refractivity contribution >= 4 is 0 Å². The van der Waals surface area contributed by atoms with Crippen LogP contribution in [0.3, 0.4) is 0 Å². The lowest BCUT2D eigenvalue weighted by atomic mass is 9.83. The van der Waals surface area contributed by atoms with E-state index in [1.54, 1.807) is 0 Å². The highest BCUT2D eigenvalue weighted by atomic mass is 14.5. The van der Waals surface area contributed by atoms with Crippen molar-refractivity contribution in [2.45, 2.75) is 45.4 Å². The maximum Gasteiger partial charge on any atom is -0.00514 e. The van der Waals surface area contributed by atoms with Gasteiger partial charge in [-0.15, -0.1) is 0 Å². The van der Waals surface area contributed by atoms with Gasteiger partial charge in [0, 0.05) is 0 Å². The molecule has 0 amide bonds. The van der Waals surface area contributed by atoms with Gasteiger partial charge in [0.15, 0.2) is 0 Å². The second kappa shape index (κ2) is 4.76. The van der Waals surface area contributed by atoms with Crippen LogP contribution >= 0.6 is 0 Å². The van der Waals surface area contributed by atoms with Crippen LogP contribution in [0.1, 0.15) is 45.4 Å². The summed E-state index contributed by atoms with van der Waals surface area (Å²) in [6.07, 6.45) is 8.68. The Kier molecular flexibility index (Phi) is 3.92. The van der Waals surface area contributed by atoms with E-state index >= 15 is 0 Å². The number of rotatable bonds is 3. The molecule has 0 aliphatic heterocycles. The molecule has 0 aromatic heterocycles. The van der Waals surface area contributed by atoms with Gasteiger partial charge in [-0.1, -0.05) is 39.0 Å². The first kappa shape index (κ1) is 9.05. The lowest BCUT2D eigenvalue weighted by molar-refractivity contribution is 0.299. The van der Waals surface area contributed by atoms with Crippen molar-refractivity contribution in [2.24, 2.45) is 17.6 Å². The Hall–Kier alpha value is -0.0400. The van der Waals surface area contributed by atoms with E-state index in [4.69, 9.17) is 5.73 Å². The Balaban J connectivity index is 2.13. The quantitative estimate of drug-likeness (QED) is 0.666. The predicted molar refractivity (Wildman–Crippen MR) is 49.4 cm³/mol. The summed E-state index contributed by atoms with van der Waals surface area (Å²) in [5.41, 5.74) is 5.59. The van der Waals surface area contributed by atoms with Crippen molar-refractivity contribution < 1.29 is 0 Å². The molecular weight excluding hydrogens is 134 g/mol. The van der Waals surface area contributed by atoms with E-state index in [0.717, 1.165) is 18.4 Å². The molecule has 2 N–H and O–H groups in total. The summed E-state index contributed by atoms with van der Waals surface area (Å²) in [7, 11) is 0. The van der Waals surface area contributed by atoms with Gasteiger partial charge in [-0.05, 0) is 24.8 Å². The molecule has 1 heteroatoms. The molecule has 1 fully saturated rings. The molecule has 0 radical (unpaired) electrons. The van der Waals surface area contributed by atoms with Gasteiger partial charge in [0.05, 0.1) is 0 Å². The Morgan fingerprint density at radius 3 is 2.45 bits per heavy atom. The van der Waals surface area contributed by atoms with E-state index in [2.05, 4.69) is 6.92 Å². The molecule has 0 spiro atoms. The summed E-state index contributed by atoms with van der Waals surface area (Å²) >= 11 is 0. The van der Waals surface area contributed by atoms with Gasteiger partial charge >= 0.3 is 0 Å². The van der Waals surface area contributed by atoms with E-state index in [1.807, 2.05) is 0 Å². The maximum absolute atomic E-state index is 5.59. The minimum absolute atomic E-state index is 0.748. The number of nitrogens with two attached hydrogens (primary N) is 1. The second-order valence-electron chi connectivity index (χ2n) is 4.08. The van der Waals surface area contributed by atoms with Crippen LogP contribution in [-0.2, 0) is 0 Å². The normalized spacial score (nSPS) is 23.5. The molecule has 1 atom stereocenters. The number of hydrogen-bond acceptors (Lipinski definition) is 1. The highest BCUT2D eigenvalue weighted by Gasteiger charge is 2.15. The van der Waals surface area contributed by atoms with Crippen LogP contribution in [0.25, 0.3) is 0 Å². The average Bonchev–Trinajstić information content (AvgIpc) is 2.06. The largest absolute Gasteiger partial charge is 0.330 e. The van der Waals surface area contributed by atoms with Crippen LogP contribution < -0.4 is 5.73 Å². The molecule has 1 unspecified atom stereocenters. The van der Waals surface area contributed by atoms with E-state index < -0.39 is 0 Å². The summed E-state index contributed by atoms with van der Waals surface area (Å²) < 4.78 is 0. The predicted octanol–water partition coefficient (Wildman–Crippen LogP) is 2.55. The first-order valence-electron chi connectivity index (χ1n) is 5.03. The first-order valence-corrected chi connectivity index (χ1v) is 5.03. The summed E-state index contributed by atoms with van der Waals surface area (Å²) in [5, 5.41) is 0. The van der Waals surface area contributed by atoms with Gasteiger partial charge in [-0.3, -0.25) is 0 Å². The maximum atomic E-state index is 5.59. The van der Waals surface area contributed by atoms with Gasteiger partial charge in [0.1, 0.15) is 0 Å². The minimum atomic E-state index is 0.748. The van der Waals surface area contributed by atoms with Crippen LogP contribution in [0.4, 0.5) is 0 Å². The highest BCUT2D eigenvalue weighted by molar-refractivity contribution is 4.68. The highest BCUT2D eigenvalue weighted by Crippen LogP contribution is 2.28. The molecule has 1 aliphatic rings. The van der Waals surface area contributed by atoms with Crippen molar-refractivity contribution in [2.75, 3.05) is 6.54 Å². The van der Waals surface area contributed by atoms with Crippen molar-refractivity contribution in [1.82, 2.24) is 0 Å². The average molecular weight is 155 g/mol. The first-order chi connectivity index (χ1) is 5.33. The fraction of sp³-hybridized carbons (Fsp3) is 1.00. The molecule has 0 bridgehead atoms. The monoisotopic (exact) mass is 155 g/mol. The lowest BCUT2D eigenvalue weighted by Crippen LogP contribution is -2.16. The van der Waals surface area contributed by atoms with Crippen molar-refractivity contribution in [3.05, 3.63) is 0 Å². The van der Waals surface area contributed by atoms with Gasteiger partial charge < -0.3 is 5.73 Å². The van der Waals surface area contributed by atoms with E-state index in [9.17, 15) is 0 Å². The topological polar surface area (TPSA) is 26.0 Å². The zero-order chi connectivity index (χ0) is 8.10. The molecule has 1 rings (SSSR count). The minimum Gasteiger partial charge on any atom is -0.330 e. The molecular formula is C10H21N. The molecule has 0 heterocycles. The molecule has 1 saturated carbocycles. The fourth-order valence-corrected chi connectivity index (χ4v) is 2.09. The third kappa shape index (κ3) is 3.24.